The van der Waals surface area contributed by atoms with E-state index >= 15 is 0 Å². The molecule has 0 fully saturated rings. The first-order valence-corrected chi connectivity index (χ1v) is 6.85. The lowest BCUT2D eigenvalue weighted by Gasteiger charge is -2.24. The minimum absolute atomic E-state index is 0.178. The van der Waals surface area contributed by atoms with Gasteiger partial charge in [-0.3, -0.25) is 4.84 Å². The lowest BCUT2D eigenvalue weighted by Crippen LogP contribution is -2.48. The van der Waals surface area contributed by atoms with Gasteiger partial charge in [0.05, 0.1) is 13.4 Å². The van der Waals surface area contributed by atoms with Crippen LogP contribution in [0.25, 0.3) is 0 Å². The molecule has 0 saturated carbocycles. The quantitative estimate of drug-likeness (QED) is 0.753. The summed E-state index contributed by atoms with van der Waals surface area (Å²) in [7, 11) is -0.336. The highest BCUT2D eigenvalue weighted by molar-refractivity contribution is 7.85. The number of hydroxylamine groups is 3. The van der Waals surface area contributed by atoms with E-state index in [2.05, 4.69) is 0 Å². The smallest absolute Gasteiger partial charge is 0.272 e. The third-order valence-electron chi connectivity index (χ3n) is 2.58. The van der Waals surface area contributed by atoms with Crippen molar-refractivity contribution in [2.24, 2.45) is 0 Å². The minimum Gasteiger partial charge on any atom is -0.272 e. The van der Waals surface area contributed by atoms with Crippen molar-refractivity contribution in [3.8, 4) is 0 Å². The molecule has 1 aromatic carbocycles. The second-order valence-corrected chi connectivity index (χ2v) is 5.63. The lowest BCUT2D eigenvalue weighted by atomic mass is 10.3. The summed E-state index contributed by atoms with van der Waals surface area (Å²) in [5, 5.41) is 1.60. The SMILES string of the molecule is CON1C[N+](C)(OS(C)(=O)=O)c2ccccc21. The van der Waals surface area contributed by atoms with Gasteiger partial charge < -0.3 is 0 Å². The normalized spacial score (nSPS) is 23.8. The molecular weight excluding hydrogens is 244 g/mol. The maximum absolute atomic E-state index is 11.3. The van der Waals surface area contributed by atoms with Crippen LogP contribution in [0.1, 0.15) is 0 Å². The van der Waals surface area contributed by atoms with E-state index in [1.54, 1.807) is 12.1 Å². The monoisotopic (exact) mass is 259 g/mol. The number of quaternary nitrogens is 1. The zero-order valence-electron chi connectivity index (χ0n) is 9.95. The zero-order chi connectivity index (χ0) is 12.7. The average Bonchev–Trinajstić information content (AvgIpc) is 2.50. The van der Waals surface area contributed by atoms with E-state index in [0.717, 1.165) is 17.6 Å². The molecule has 1 heterocycles. The molecule has 0 bridgehead atoms. The van der Waals surface area contributed by atoms with Gasteiger partial charge in [-0.1, -0.05) is 16.4 Å². The average molecular weight is 259 g/mol. The van der Waals surface area contributed by atoms with E-state index in [9.17, 15) is 8.42 Å². The first-order chi connectivity index (χ1) is 7.86. The van der Waals surface area contributed by atoms with Gasteiger partial charge in [0.2, 0.25) is 6.67 Å². The Morgan fingerprint density at radius 1 is 1.35 bits per heavy atom. The fourth-order valence-electron chi connectivity index (χ4n) is 1.99. The van der Waals surface area contributed by atoms with E-state index in [4.69, 9.17) is 9.12 Å². The lowest BCUT2D eigenvalue weighted by molar-refractivity contribution is -0.0242. The van der Waals surface area contributed by atoms with Crippen LogP contribution in [-0.4, -0.2) is 35.5 Å². The molecule has 7 heteroatoms. The molecule has 1 atom stereocenters. The molecule has 0 radical (unpaired) electrons. The highest BCUT2D eigenvalue weighted by Crippen LogP contribution is 2.40. The Hall–Kier alpha value is -1.15. The fourth-order valence-corrected chi connectivity index (χ4v) is 2.72. The van der Waals surface area contributed by atoms with Gasteiger partial charge in [-0.2, -0.15) is 13.5 Å². The molecule has 1 unspecified atom stereocenters. The summed E-state index contributed by atoms with van der Waals surface area (Å²) in [4.78, 5) is 5.19. The van der Waals surface area contributed by atoms with Gasteiger partial charge in [0, 0.05) is 6.07 Å². The van der Waals surface area contributed by atoms with E-state index in [1.807, 2.05) is 24.3 Å². The number of hydrogen-bond acceptors (Lipinski definition) is 5. The molecule has 1 aliphatic heterocycles. The van der Waals surface area contributed by atoms with Gasteiger partial charge in [0.25, 0.3) is 0 Å². The van der Waals surface area contributed by atoms with Gasteiger partial charge in [-0.15, -0.1) is 4.65 Å². The third-order valence-corrected chi connectivity index (χ3v) is 3.18. The fraction of sp³-hybridized carbons (Fsp3) is 0.400. The Morgan fingerprint density at radius 2 is 2.00 bits per heavy atom. The second kappa shape index (κ2) is 3.95. The van der Waals surface area contributed by atoms with Crippen LogP contribution in [0.3, 0.4) is 0 Å². The summed E-state index contributed by atoms with van der Waals surface area (Å²) in [5.41, 5.74) is 1.56. The van der Waals surface area contributed by atoms with Crippen molar-refractivity contribution in [2.75, 3.05) is 32.1 Å². The number of fused-ring (bicyclic) bond motifs is 1. The molecule has 94 valence electrons. The number of benzene rings is 1. The largest absolute Gasteiger partial charge is 0.311 e. The number of hydrogen-bond donors (Lipinski definition) is 0. The standard InChI is InChI=1S/C10H15N2O4S/c1-12(16-17(3,13)14)8-11(15-2)9-6-4-5-7-10(9)12/h4-7H,8H2,1-3H3/q+1. The Bertz CT molecular complexity index is 531. The highest BCUT2D eigenvalue weighted by atomic mass is 32.2. The van der Waals surface area contributed by atoms with Crippen LogP contribution in [-0.2, 0) is 19.2 Å². The topological polar surface area (TPSA) is 55.8 Å². The summed E-state index contributed by atoms with van der Waals surface area (Å²) in [6, 6.07) is 7.37. The molecule has 0 N–H and O–H groups in total. The Labute approximate surface area is 101 Å². The van der Waals surface area contributed by atoms with E-state index < -0.39 is 10.1 Å². The van der Waals surface area contributed by atoms with Gasteiger partial charge >= 0.3 is 10.1 Å². The van der Waals surface area contributed by atoms with Crippen molar-refractivity contribution in [2.45, 2.75) is 0 Å². The van der Waals surface area contributed by atoms with Crippen molar-refractivity contribution in [1.29, 1.82) is 0 Å². The van der Waals surface area contributed by atoms with Crippen molar-refractivity contribution >= 4 is 21.5 Å². The molecule has 2 rings (SSSR count). The number of para-hydroxylation sites is 2. The number of anilines is 1. The molecule has 1 aliphatic rings. The molecule has 0 aliphatic carbocycles. The molecule has 6 nitrogen and oxygen atoms in total. The van der Waals surface area contributed by atoms with Crippen LogP contribution in [0.2, 0.25) is 0 Å². The second-order valence-electron chi connectivity index (χ2n) is 4.07. The van der Waals surface area contributed by atoms with Crippen molar-refractivity contribution in [1.82, 2.24) is 4.65 Å². The van der Waals surface area contributed by atoms with Gasteiger partial charge in [-0.05, 0) is 6.07 Å². The van der Waals surface area contributed by atoms with Gasteiger partial charge in [0.1, 0.15) is 12.7 Å². The van der Waals surface area contributed by atoms with Crippen LogP contribution in [0, 0.1) is 0 Å². The van der Waals surface area contributed by atoms with Crippen LogP contribution in [0.4, 0.5) is 11.4 Å². The Morgan fingerprint density at radius 3 is 2.59 bits per heavy atom. The predicted octanol–water partition coefficient (Wildman–Crippen LogP) is 0.854. The van der Waals surface area contributed by atoms with E-state index in [1.165, 1.54) is 7.11 Å². The first-order valence-electron chi connectivity index (χ1n) is 5.04. The summed E-state index contributed by atoms with van der Waals surface area (Å²) in [6.45, 7) is 0.281. The highest BCUT2D eigenvalue weighted by Gasteiger charge is 2.44. The maximum atomic E-state index is 11.3. The third kappa shape index (κ3) is 2.27. The van der Waals surface area contributed by atoms with Crippen LogP contribution in [0.5, 0.6) is 0 Å². The van der Waals surface area contributed by atoms with Crippen molar-refractivity contribution in [3.63, 3.8) is 0 Å². The van der Waals surface area contributed by atoms with E-state index in [-0.39, 0.29) is 11.3 Å². The zero-order valence-corrected chi connectivity index (χ0v) is 10.8. The van der Waals surface area contributed by atoms with Crippen molar-refractivity contribution in [3.05, 3.63) is 24.3 Å². The molecule has 0 spiro atoms. The van der Waals surface area contributed by atoms with Gasteiger partial charge in [0.15, 0.2) is 5.69 Å². The molecule has 17 heavy (non-hydrogen) atoms. The van der Waals surface area contributed by atoms with Crippen LogP contribution in [0.15, 0.2) is 24.3 Å². The summed E-state index contributed by atoms with van der Waals surface area (Å²) >= 11 is 0. The predicted molar refractivity (Wildman–Crippen MR) is 64.4 cm³/mol. The summed E-state index contributed by atoms with van der Waals surface area (Å²) < 4.78 is 27.6. The molecule has 1 aromatic rings. The van der Waals surface area contributed by atoms with Crippen LogP contribution >= 0.6 is 0 Å². The van der Waals surface area contributed by atoms with Crippen molar-refractivity contribution < 1.29 is 17.5 Å². The molecule has 0 saturated heterocycles. The number of rotatable bonds is 3. The summed E-state index contributed by atoms with van der Waals surface area (Å²) in [6.07, 6.45) is 1.04. The Balaban J connectivity index is 2.46. The van der Waals surface area contributed by atoms with E-state index in [0.29, 0.717) is 0 Å². The molecular formula is C10H15N2O4S+. The summed E-state index contributed by atoms with van der Waals surface area (Å²) in [5.74, 6) is 0. The first kappa shape index (κ1) is 12.3. The number of nitrogens with zero attached hydrogens (tertiary/aromatic N) is 2. The Kier molecular flexibility index (Phi) is 2.86. The minimum atomic E-state index is -3.55. The molecule has 0 amide bonds. The maximum Gasteiger partial charge on any atom is 0.311 e. The molecule has 0 aromatic heterocycles. The van der Waals surface area contributed by atoms with Gasteiger partial charge in [-0.25, -0.2) is 0 Å². The van der Waals surface area contributed by atoms with Crippen LogP contribution < -0.4 is 9.71 Å².